The van der Waals surface area contributed by atoms with E-state index >= 15 is 0 Å². The summed E-state index contributed by atoms with van der Waals surface area (Å²) >= 11 is 7.19. The van der Waals surface area contributed by atoms with Crippen LogP contribution in [0.5, 0.6) is 0 Å². The van der Waals surface area contributed by atoms with E-state index in [0.29, 0.717) is 16.6 Å². The van der Waals surface area contributed by atoms with E-state index in [4.69, 9.17) is 16.9 Å². The van der Waals surface area contributed by atoms with Crippen LogP contribution in [0.3, 0.4) is 0 Å². The lowest BCUT2D eigenvalue weighted by Crippen LogP contribution is -2.13. The third-order valence-corrected chi connectivity index (χ3v) is 5.82. The highest BCUT2D eigenvalue weighted by molar-refractivity contribution is 7.93. The molecule has 1 saturated carbocycles. The van der Waals surface area contributed by atoms with Gasteiger partial charge in [0.25, 0.3) is 10.0 Å². The van der Waals surface area contributed by atoms with Crippen molar-refractivity contribution in [3.8, 4) is 6.07 Å². The fraction of sp³-hybridized carbons (Fsp3) is 0.231. The molecular weight excluding hydrogens is 330 g/mol. The first-order chi connectivity index (χ1) is 9.99. The standard InChI is InChI=1S/C13H10ClN3O2S2/c14-10-5-8(6-15)1-4-12(10)21(18,19)17-13-16-11(7-20-13)9-2-3-9/h1,4-5,7,9H,2-3H2,(H,16,17). The van der Waals surface area contributed by atoms with Crippen LogP contribution >= 0.6 is 22.9 Å². The lowest BCUT2D eigenvalue weighted by Gasteiger charge is -2.07. The predicted octanol–water partition coefficient (Wildman–Crippen LogP) is 3.35. The van der Waals surface area contributed by atoms with E-state index in [2.05, 4.69) is 9.71 Å². The smallest absolute Gasteiger partial charge is 0.255 e. The summed E-state index contributed by atoms with van der Waals surface area (Å²) in [7, 11) is -3.80. The zero-order valence-electron chi connectivity index (χ0n) is 10.7. The Morgan fingerprint density at radius 1 is 1.43 bits per heavy atom. The topological polar surface area (TPSA) is 82.8 Å². The first kappa shape index (κ1) is 14.3. The molecule has 0 radical (unpaired) electrons. The molecule has 1 N–H and O–H groups in total. The van der Waals surface area contributed by atoms with Crippen molar-refractivity contribution in [3.63, 3.8) is 0 Å². The van der Waals surface area contributed by atoms with Gasteiger partial charge in [0.1, 0.15) is 4.90 Å². The molecule has 0 atom stereocenters. The van der Waals surface area contributed by atoms with Crippen molar-refractivity contribution in [3.05, 3.63) is 39.9 Å². The predicted molar refractivity (Wildman–Crippen MR) is 81.1 cm³/mol. The molecule has 0 bridgehead atoms. The molecule has 0 unspecified atom stereocenters. The highest BCUT2D eigenvalue weighted by Gasteiger charge is 2.27. The SMILES string of the molecule is N#Cc1ccc(S(=O)(=O)Nc2nc(C3CC3)cs2)c(Cl)c1. The molecule has 0 amide bonds. The van der Waals surface area contributed by atoms with Gasteiger partial charge in [-0.15, -0.1) is 11.3 Å². The summed E-state index contributed by atoms with van der Waals surface area (Å²) in [6.07, 6.45) is 2.22. The van der Waals surface area contributed by atoms with Crippen LogP contribution in [0.1, 0.15) is 30.0 Å². The van der Waals surface area contributed by atoms with Crippen molar-refractivity contribution in [1.82, 2.24) is 4.98 Å². The Labute approximate surface area is 131 Å². The molecule has 1 aromatic heterocycles. The lowest BCUT2D eigenvalue weighted by molar-refractivity contribution is 0.601. The van der Waals surface area contributed by atoms with Crippen molar-refractivity contribution in [1.29, 1.82) is 5.26 Å². The van der Waals surface area contributed by atoms with Crippen molar-refractivity contribution >= 4 is 38.1 Å². The third kappa shape index (κ3) is 3.02. The van der Waals surface area contributed by atoms with E-state index in [1.54, 1.807) is 0 Å². The van der Waals surface area contributed by atoms with Crippen molar-refractivity contribution < 1.29 is 8.42 Å². The summed E-state index contributed by atoms with van der Waals surface area (Å²) in [5, 5.41) is 11.0. The second-order valence-corrected chi connectivity index (χ2v) is 7.63. The zero-order chi connectivity index (χ0) is 15.0. The fourth-order valence-corrected chi connectivity index (χ4v) is 4.45. The molecule has 2 aromatic rings. The maximum absolute atomic E-state index is 12.3. The van der Waals surface area contributed by atoms with Gasteiger partial charge in [-0.1, -0.05) is 11.6 Å². The van der Waals surface area contributed by atoms with Crippen LogP contribution in [0.15, 0.2) is 28.5 Å². The number of aromatic nitrogens is 1. The summed E-state index contributed by atoms with van der Waals surface area (Å²) in [4.78, 5) is 4.22. The van der Waals surface area contributed by atoms with Crippen molar-refractivity contribution in [2.75, 3.05) is 4.72 Å². The highest BCUT2D eigenvalue weighted by Crippen LogP contribution is 2.41. The van der Waals surface area contributed by atoms with E-state index < -0.39 is 10.0 Å². The van der Waals surface area contributed by atoms with Gasteiger partial charge in [0.2, 0.25) is 0 Å². The molecule has 8 heteroatoms. The van der Waals surface area contributed by atoms with Crippen LogP contribution in [0, 0.1) is 11.3 Å². The Morgan fingerprint density at radius 2 is 2.19 bits per heavy atom. The second-order valence-electron chi connectivity index (χ2n) is 4.71. The minimum Gasteiger partial charge on any atom is -0.255 e. The average molecular weight is 340 g/mol. The summed E-state index contributed by atoms with van der Waals surface area (Å²) in [5.74, 6) is 0.470. The normalized spacial score (nSPS) is 14.7. The van der Waals surface area contributed by atoms with E-state index in [1.807, 2.05) is 11.4 Å². The van der Waals surface area contributed by atoms with Crippen LogP contribution in [0.4, 0.5) is 5.13 Å². The summed E-state index contributed by atoms with van der Waals surface area (Å²) < 4.78 is 27.0. The van der Waals surface area contributed by atoms with Gasteiger partial charge in [0.15, 0.2) is 5.13 Å². The lowest BCUT2D eigenvalue weighted by atomic mass is 10.2. The van der Waals surface area contributed by atoms with Crippen molar-refractivity contribution in [2.45, 2.75) is 23.7 Å². The van der Waals surface area contributed by atoms with Crippen LogP contribution in [-0.4, -0.2) is 13.4 Å². The van der Waals surface area contributed by atoms with Crippen molar-refractivity contribution in [2.24, 2.45) is 0 Å². The van der Waals surface area contributed by atoms with Gasteiger partial charge in [-0.2, -0.15) is 5.26 Å². The molecule has 1 aromatic carbocycles. The van der Waals surface area contributed by atoms with Crippen LogP contribution in [-0.2, 0) is 10.0 Å². The molecule has 5 nitrogen and oxygen atoms in total. The van der Waals surface area contributed by atoms with E-state index in [9.17, 15) is 8.42 Å². The molecule has 1 aliphatic rings. The number of anilines is 1. The maximum Gasteiger partial charge on any atom is 0.265 e. The minimum atomic E-state index is -3.80. The number of thiazole rings is 1. The van der Waals surface area contributed by atoms with Gasteiger partial charge in [0.05, 0.1) is 22.3 Å². The summed E-state index contributed by atoms with van der Waals surface area (Å²) in [5.41, 5.74) is 1.24. The summed E-state index contributed by atoms with van der Waals surface area (Å²) in [6.45, 7) is 0. The monoisotopic (exact) mass is 339 g/mol. The van der Waals surface area contributed by atoms with Crippen LogP contribution < -0.4 is 4.72 Å². The van der Waals surface area contributed by atoms with E-state index in [1.165, 1.54) is 29.5 Å². The van der Waals surface area contributed by atoms with E-state index in [0.717, 1.165) is 18.5 Å². The number of hydrogen-bond donors (Lipinski definition) is 1. The number of halogens is 1. The average Bonchev–Trinajstić information content (AvgIpc) is 3.19. The number of benzene rings is 1. The molecule has 0 aliphatic heterocycles. The summed E-state index contributed by atoms with van der Waals surface area (Å²) in [6, 6.07) is 5.97. The largest absolute Gasteiger partial charge is 0.265 e. The molecule has 1 heterocycles. The molecule has 21 heavy (non-hydrogen) atoms. The van der Waals surface area contributed by atoms with Gasteiger partial charge in [0, 0.05) is 11.3 Å². The minimum absolute atomic E-state index is 0.0144. The molecule has 1 fully saturated rings. The van der Waals surface area contributed by atoms with E-state index in [-0.39, 0.29) is 9.92 Å². The maximum atomic E-state index is 12.3. The quantitative estimate of drug-likeness (QED) is 0.925. The van der Waals surface area contributed by atoms with Crippen LogP contribution in [0.25, 0.3) is 0 Å². The Hall–Kier alpha value is -1.62. The second kappa shape index (κ2) is 5.30. The van der Waals surface area contributed by atoms with Gasteiger partial charge >= 0.3 is 0 Å². The number of nitriles is 1. The molecule has 0 saturated heterocycles. The molecule has 108 valence electrons. The van der Waals surface area contributed by atoms with Gasteiger partial charge in [-0.25, -0.2) is 13.4 Å². The molecule has 1 aliphatic carbocycles. The molecule has 0 spiro atoms. The number of nitrogens with one attached hydrogen (secondary N) is 1. The Morgan fingerprint density at radius 3 is 2.81 bits per heavy atom. The molecular formula is C13H10ClN3O2S2. The highest BCUT2D eigenvalue weighted by atomic mass is 35.5. The number of sulfonamides is 1. The number of nitrogens with zero attached hydrogens (tertiary/aromatic N) is 2. The van der Waals surface area contributed by atoms with Gasteiger partial charge in [-0.3, -0.25) is 4.72 Å². The van der Waals surface area contributed by atoms with Crippen LogP contribution in [0.2, 0.25) is 5.02 Å². The third-order valence-electron chi connectivity index (χ3n) is 3.09. The van der Waals surface area contributed by atoms with Gasteiger partial charge in [-0.05, 0) is 31.0 Å². The first-order valence-corrected chi connectivity index (χ1v) is 8.91. The Bertz CT molecular complexity index is 835. The zero-order valence-corrected chi connectivity index (χ0v) is 13.1. The van der Waals surface area contributed by atoms with Gasteiger partial charge < -0.3 is 0 Å². The Balaban J connectivity index is 1.87. The molecule has 3 rings (SSSR count). The first-order valence-electron chi connectivity index (χ1n) is 6.17. The Kier molecular flexibility index (Phi) is 3.61. The number of hydrogen-bond acceptors (Lipinski definition) is 5. The number of rotatable bonds is 4. The fourth-order valence-electron chi connectivity index (χ4n) is 1.86.